The fraction of sp³-hybridized carbons (Fsp3) is 0.833. The van der Waals surface area contributed by atoms with Crippen molar-refractivity contribution in [2.75, 3.05) is 6.61 Å². The van der Waals surface area contributed by atoms with E-state index in [1.165, 1.54) is 0 Å². The van der Waals surface area contributed by atoms with Crippen molar-refractivity contribution in [2.24, 2.45) is 0 Å². The number of carbonyl (C=O) groups excluding carboxylic acids is 1. The van der Waals surface area contributed by atoms with Gasteiger partial charge in [0.05, 0.1) is 6.61 Å². The monoisotopic (exact) mass is 258 g/mol. The molecule has 0 aliphatic heterocycles. The minimum absolute atomic E-state index is 0.521. The summed E-state index contributed by atoms with van der Waals surface area (Å²) in [5, 5.41) is 0. The molecule has 0 aromatic carbocycles. The smallest absolute Gasteiger partial charge is 0.434 e. The molecule has 0 aliphatic rings. The number of halogens is 7. The highest BCUT2D eigenvalue weighted by Crippen LogP contribution is 2.47. The summed E-state index contributed by atoms with van der Waals surface area (Å²) in [6.45, 7) is 0.591. The lowest BCUT2D eigenvalue weighted by atomic mass is 10.3. The number of hydrogen-bond acceptors (Lipinski definition) is 3. The Bertz CT molecular complexity index is 259. The molecule has 0 radical (unpaired) electrons. The van der Waals surface area contributed by atoms with Gasteiger partial charge < -0.3 is 9.47 Å². The van der Waals surface area contributed by atoms with Crippen LogP contribution < -0.4 is 0 Å². The predicted molar refractivity (Wildman–Crippen MR) is 34.1 cm³/mol. The molecule has 0 saturated heterocycles. The van der Waals surface area contributed by atoms with Crippen LogP contribution in [0.3, 0.4) is 0 Å². The van der Waals surface area contributed by atoms with Crippen LogP contribution in [0.25, 0.3) is 0 Å². The summed E-state index contributed by atoms with van der Waals surface area (Å²) in [7, 11) is 0. The van der Waals surface area contributed by atoms with E-state index < -0.39 is 31.0 Å². The summed E-state index contributed by atoms with van der Waals surface area (Å²) in [6, 6.07) is 0. The standard InChI is InChI=1S/C6H5F7O3/c1-2-15-3(14)16-6(12,13)4(7,8)5(9,10)11/h2H2,1H3. The van der Waals surface area contributed by atoms with E-state index in [2.05, 4.69) is 9.47 Å². The zero-order valence-corrected chi connectivity index (χ0v) is 7.58. The van der Waals surface area contributed by atoms with Gasteiger partial charge in [0.2, 0.25) is 0 Å². The Hall–Kier alpha value is -1.22. The molecule has 0 spiro atoms. The van der Waals surface area contributed by atoms with E-state index in [1.807, 2.05) is 0 Å². The second kappa shape index (κ2) is 4.34. The number of rotatable bonds is 3. The van der Waals surface area contributed by atoms with Crippen LogP contribution >= 0.6 is 0 Å². The Balaban J connectivity index is 4.84. The second-order valence-electron chi connectivity index (χ2n) is 2.37. The second-order valence-corrected chi connectivity index (χ2v) is 2.37. The van der Waals surface area contributed by atoms with Gasteiger partial charge in [0, 0.05) is 0 Å². The highest BCUT2D eigenvalue weighted by atomic mass is 19.4. The van der Waals surface area contributed by atoms with Gasteiger partial charge in [-0.1, -0.05) is 0 Å². The number of ether oxygens (including phenoxy) is 2. The number of alkyl halides is 7. The van der Waals surface area contributed by atoms with Gasteiger partial charge in [-0.25, -0.2) is 4.79 Å². The van der Waals surface area contributed by atoms with Gasteiger partial charge in [0.1, 0.15) is 0 Å². The van der Waals surface area contributed by atoms with Crippen molar-refractivity contribution in [2.45, 2.75) is 25.1 Å². The summed E-state index contributed by atoms with van der Waals surface area (Å²) >= 11 is 0. The minimum atomic E-state index is -6.55. The first kappa shape index (κ1) is 14.8. The van der Waals surface area contributed by atoms with Gasteiger partial charge >= 0.3 is 24.4 Å². The predicted octanol–water partition coefficient (Wildman–Crippen LogP) is 2.95. The lowest BCUT2D eigenvalue weighted by molar-refractivity contribution is -0.411. The van der Waals surface area contributed by atoms with Gasteiger partial charge in [-0.2, -0.15) is 30.7 Å². The zero-order valence-electron chi connectivity index (χ0n) is 7.58. The van der Waals surface area contributed by atoms with E-state index in [9.17, 15) is 35.5 Å². The Kier molecular flexibility index (Phi) is 4.01. The highest BCUT2D eigenvalue weighted by molar-refractivity contribution is 5.60. The maximum atomic E-state index is 12.3. The largest absolute Gasteiger partial charge is 0.513 e. The van der Waals surface area contributed by atoms with Crippen molar-refractivity contribution in [3.8, 4) is 0 Å². The van der Waals surface area contributed by atoms with Crippen LogP contribution in [-0.2, 0) is 9.47 Å². The molecule has 3 nitrogen and oxygen atoms in total. The maximum absolute atomic E-state index is 12.3. The molecule has 0 atom stereocenters. The molecule has 0 rings (SSSR count). The molecule has 10 heteroatoms. The van der Waals surface area contributed by atoms with Gasteiger partial charge in [-0.3, -0.25) is 0 Å². The Labute approximate surface area is 84.1 Å². The Morgan fingerprint density at radius 1 is 1.06 bits per heavy atom. The molecule has 0 saturated carbocycles. The van der Waals surface area contributed by atoms with Crippen LogP contribution in [-0.4, -0.2) is 31.0 Å². The van der Waals surface area contributed by atoms with Crippen LogP contribution in [0.4, 0.5) is 35.5 Å². The lowest BCUT2D eigenvalue weighted by Crippen LogP contribution is -2.54. The summed E-state index contributed by atoms with van der Waals surface area (Å²) in [5.41, 5.74) is 0. The van der Waals surface area contributed by atoms with E-state index in [0.29, 0.717) is 0 Å². The van der Waals surface area contributed by atoms with Crippen LogP contribution in [0.15, 0.2) is 0 Å². The van der Waals surface area contributed by atoms with E-state index >= 15 is 0 Å². The molecule has 96 valence electrons. The van der Waals surface area contributed by atoms with Crippen molar-refractivity contribution in [1.82, 2.24) is 0 Å². The Morgan fingerprint density at radius 3 is 1.81 bits per heavy atom. The Morgan fingerprint density at radius 2 is 1.50 bits per heavy atom. The van der Waals surface area contributed by atoms with Crippen molar-refractivity contribution in [1.29, 1.82) is 0 Å². The molecule has 0 heterocycles. The third-order valence-corrected chi connectivity index (χ3v) is 1.20. The van der Waals surface area contributed by atoms with Crippen LogP contribution in [0.2, 0.25) is 0 Å². The number of hydrogen-bond donors (Lipinski definition) is 0. The summed E-state index contributed by atoms with van der Waals surface area (Å²) in [4.78, 5) is 10.2. The van der Waals surface area contributed by atoms with Crippen molar-refractivity contribution in [3.05, 3.63) is 0 Å². The molecule has 0 unspecified atom stereocenters. The first-order valence-electron chi connectivity index (χ1n) is 3.64. The summed E-state index contributed by atoms with van der Waals surface area (Å²) in [6.07, 6.45) is -14.9. The van der Waals surface area contributed by atoms with Crippen molar-refractivity contribution < 1.29 is 45.0 Å². The first-order valence-corrected chi connectivity index (χ1v) is 3.64. The fourth-order valence-corrected chi connectivity index (χ4v) is 0.481. The summed E-state index contributed by atoms with van der Waals surface area (Å²) in [5.74, 6) is -6.49. The van der Waals surface area contributed by atoms with E-state index in [1.54, 1.807) is 0 Å². The zero-order chi connectivity index (χ0) is 13.2. The van der Waals surface area contributed by atoms with Crippen LogP contribution in [0.5, 0.6) is 0 Å². The minimum Gasteiger partial charge on any atom is -0.434 e. The summed E-state index contributed by atoms with van der Waals surface area (Å²) < 4.78 is 89.5. The van der Waals surface area contributed by atoms with E-state index in [4.69, 9.17) is 0 Å². The molecule has 0 N–H and O–H groups in total. The average Bonchev–Trinajstić information content (AvgIpc) is 2.00. The maximum Gasteiger partial charge on any atom is 0.513 e. The molecule has 0 fully saturated rings. The quantitative estimate of drug-likeness (QED) is 0.576. The van der Waals surface area contributed by atoms with Gasteiger partial charge in [-0.15, -0.1) is 0 Å². The van der Waals surface area contributed by atoms with Crippen molar-refractivity contribution in [3.63, 3.8) is 0 Å². The molecule has 0 bridgehead atoms. The average molecular weight is 258 g/mol. The van der Waals surface area contributed by atoms with Crippen molar-refractivity contribution >= 4 is 6.16 Å². The molecular weight excluding hydrogens is 253 g/mol. The first-order chi connectivity index (χ1) is 6.95. The third-order valence-electron chi connectivity index (χ3n) is 1.20. The SMILES string of the molecule is CCOC(=O)OC(F)(F)C(F)(F)C(F)(F)F. The molecule has 16 heavy (non-hydrogen) atoms. The topological polar surface area (TPSA) is 35.5 Å². The third kappa shape index (κ3) is 2.89. The molecular formula is C6H5F7O3. The molecule has 0 aromatic heterocycles. The normalized spacial score (nSPS) is 13.5. The number of carbonyl (C=O) groups is 1. The van der Waals surface area contributed by atoms with Crippen LogP contribution in [0.1, 0.15) is 6.92 Å². The van der Waals surface area contributed by atoms with Gasteiger partial charge in [0.15, 0.2) is 0 Å². The van der Waals surface area contributed by atoms with Gasteiger partial charge in [-0.05, 0) is 6.92 Å². The van der Waals surface area contributed by atoms with Crippen LogP contribution in [0, 0.1) is 0 Å². The molecule has 0 aromatic rings. The molecule has 0 aliphatic carbocycles. The molecule has 0 amide bonds. The highest BCUT2D eigenvalue weighted by Gasteiger charge is 2.76. The van der Waals surface area contributed by atoms with Gasteiger partial charge in [0.25, 0.3) is 0 Å². The van der Waals surface area contributed by atoms with E-state index in [-0.39, 0.29) is 0 Å². The lowest BCUT2D eigenvalue weighted by Gasteiger charge is -2.26. The van der Waals surface area contributed by atoms with E-state index in [0.717, 1.165) is 6.92 Å². The fourth-order valence-electron chi connectivity index (χ4n) is 0.481.